The van der Waals surface area contributed by atoms with Crippen LogP contribution in [0.1, 0.15) is 31.2 Å². The number of nitrogens with zero attached hydrogens (tertiary/aromatic N) is 2. The molecule has 2 rings (SSSR count). The van der Waals surface area contributed by atoms with Crippen LogP contribution in [-0.2, 0) is 16.1 Å². The predicted octanol–water partition coefficient (Wildman–Crippen LogP) is 2.79. The Labute approximate surface area is 124 Å². The van der Waals surface area contributed by atoms with Gasteiger partial charge in [-0.15, -0.1) is 0 Å². The maximum absolute atomic E-state index is 11.9. The molecule has 0 N–H and O–H groups in total. The molecule has 0 atom stereocenters. The van der Waals surface area contributed by atoms with Gasteiger partial charge in [0.15, 0.2) is 0 Å². The van der Waals surface area contributed by atoms with Crippen LogP contribution >= 0.6 is 15.9 Å². The molecule has 1 aromatic carbocycles. The molecule has 7 heteroatoms. The molecular formula is C13H13BrN2O4. The van der Waals surface area contributed by atoms with E-state index in [1.54, 1.807) is 12.1 Å². The van der Waals surface area contributed by atoms with Gasteiger partial charge in [0.05, 0.1) is 11.5 Å². The number of hydrogen-bond donors (Lipinski definition) is 0. The van der Waals surface area contributed by atoms with Gasteiger partial charge in [0.1, 0.15) is 4.47 Å². The zero-order valence-electron chi connectivity index (χ0n) is 10.7. The highest BCUT2D eigenvalue weighted by Crippen LogP contribution is 2.29. The molecule has 106 valence electrons. The van der Waals surface area contributed by atoms with Gasteiger partial charge in [-0.2, -0.15) is 0 Å². The zero-order chi connectivity index (χ0) is 14.7. The summed E-state index contributed by atoms with van der Waals surface area (Å²) in [6.45, 7) is 0.0694. The lowest BCUT2D eigenvalue weighted by Crippen LogP contribution is -2.34. The fourth-order valence-corrected chi connectivity index (χ4v) is 2.67. The number of rotatable bonds is 3. The predicted molar refractivity (Wildman–Crippen MR) is 74.8 cm³/mol. The first-order valence-electron chi connectivity index (χ1n) is 6.25. The number of likely N-dealkylation sites (tertiary alicyclic amines) is 1. The van der Waals surface area contributed by atoms with E-state index in [2.05, 4.69) is 15.9 Å². The summed E-state index contributed by atoms with van der Waals surface area (Å²) in [5.41, 5.74) is 0.486. The van der Waals surface area contributed by atoms with E-state index in [0.717, 1.165) is 0 Å². The zero-order valence-corrected chi connectivity index (χ0v) is 12.3. The number of nitro groups is 1. The van der Waals surface area contributed by atoms with Gasteiger partial charge in [-0.05, 0) is 34.3 Å². The van der Waals surface area contributed by atoms with Crippen molar-refractivity contribution in [2.75, 3.05) is 0 Å². The summed E-state index contributed by atoms with van der Waals surface area (Å²) in [4.78, 5) is 35.4. The third-order valence-corrected chi connectivity index (χ3v) is 4.13. The van der Waals surface area contributed by atoms with Crippen molar-refractivity contribution < 1.29 is 14.5 Å². The molecule has 0 aromatic heterocycles. The molecule has 1 aromatic rings. The van der Waals surface area contributed by atoms with Gasteiger partial charge in [0, 0.05) is 18.9 Å². The van der Waals surface area contributed by atoms with Gasteiger partial charge in [0.25, 0.3) is 5.69 Å². The van der Waals surface area contributed by atoms with Crippen molar-refractivity contribution in [3.8, 4) is 0 Å². The Bertz CT molecular complexity index is 555. The topological polar surface area (TPSA) is 80.5 Å². The standard InChI is InChI=1S/C13H13BrN2O4/c14-13-9(4-3-5-10(13)16(19)20)8-15-11(17)6-1-2-7-12(15)18/h3-5H,1-2,6-8H2. The third-order valence-electron chi connectivity index (χ3n) is 3.22. The van der Waals surface area contributed by atoms with Crippen LogP contribution in [0.25, 0.3) is 0 Å². The molecule has 1 heterocycles. The van der Waals surface area contributed by atoms with E-state index in [1.807, 2.05) is 0 Å². The molecule has 6 nitrogen and oxygen atoms in total. The molecule has 0 spiro atoms. The van der Waals surface area contributed by atoms with Gasteiger partial charge in [-0.1, -0.05) is 12.1 Å². The van der Waals surface area contributed by atoms with Crippen molar-refractivity contribution in [2.45, 2.75) is 32.2 Å². The van der Waals surface area contributed by atoms with E-state index in [0.29, 0.717) is 35.7 Å². The number of amides is 2. The maximum atomic E-state index is 11.9. The van der Waals surface area contributed by atoms with E-state index in [-0.39, 0.29) is 24.0 Å². The number of hydrogen-bond acceptors (Lipinski definition) is 4. The molecule has 1 fully saturated rings. The van der Waals surface area contributed by atoms with Gasteiger partial charge in [0.2, 0.25) is 11.8 Å². The maximum Gasteiger partial charge on any atom is 0.283 e. The summed E-state index contributed by atoms with van der Waals surface area (Å²) in [5.74, 6) is -0.434. The van der Waals surface area contributed by atoms with E-state index >= 15 is 0 Å². The molecule has 0 saturated carbocycles. The quantitative estimate of drug-likeness (QED) is 0.481. The van der Waals surface area contributed by atoms with Crippen LogP contribution in [0.4, 0.5) is 5.69 Å². The van der Waals surface area contributed by atoms with E-state index in [1.165, 1.54) is 11.0 Å². The van der Waals surface area contributed by atoms with Crippen molar-refractivity contribution in [1.29, 1.82) is 0 Å². The summed E-state index contributed by atoms with van der Waals surface area (Å²) in [7, 11) is 0. The number of nitro benzene ring substituents is 1. The van der Waals surface area contributed by atoms with Crippen LogP contribution in [0, 0.1) is 10.1 Å². The Morgan fingerprint density at radius 2 is 1.80 bits per heavy atom. The smallest absolute Gasteiger partial charge is 0.278 e. The normalized spacial score (nSPS) is 16.1. The molecule has 0 radical (unpaired) electrons. The second-order valence-corrected chi connectivity index (χ2v) is 5.38. The SMILES string of the molecule is O=C1CCCCC(=O)N1Cc1cccc([N+](=O)[O-])c1Br. The third kappa shape index (κ3) is 3.04. The first kappa shape index (κ1) is 14.6. The molecule has 0 unspecified atom stereocenters. The number of carbonyl (C=O) groups excluding carboxylic acids is 2. The first-order chi connectivity index (χ1) is 9.50. The lowest BCUT2D eigenvalue weighted by molar-refractivity contribution is -0.385. The lowest BCUT2D eigenvalue weighted by atomic mass is 10.2. The Kier molecular flexibility index (Phi) is 4.49. The van der Waals surface area contributed by atoms with Gasteiger partial charge >= 0.3 is 0 Å². The highest BCUT2D eigenvalue weighted by atomic mass is 79.9. The first-order valence-corrected chi connectivity index (χ1v) is 7.05. The van der Waals surface area contributed by atoms with Gasteiger partial charge in [-0.3, -0.25) is 24.6 Å². The van der Waals surface area contributed by atoms with Crippen LogP contribution in [0.2, 0.25) is 0 Å². The summed E-state index contributed by atoms with van der Waals surface area (Å²) in [6, 6.07) is 4.59. The average molecular weight is 341 g/mol. The van der Waals surface area contributed by atoms with Gasteiger partial charge in [-0.25, -0.2) is 0 Å². The molecule has 1 saturated heterocycles. The van der Waals surface area contributed by atoms with Gasteiger partial charge < -0.3 is 0 Å². The Hall–Kier alpha value is -1.76. The minimum absolute atomic E-state index is 0.0694. The molecule has 2 amide bonds. The number of halogens is 1. The molecule has 20 heavy (non-hydrogen) atoms. The summed E-state index contributed by atoms with van der Waals surface area (Å²) < 4.78 is 0.315. The van der Waals surface area contributed by atoms with E-state index in [4.69, 9.17) is 0 Å². The fourth-order valence-electron chi connectivity index (χ4n) is 2.14. The van der Waals surface area contributed by atoms with Crippen molar-refractivity contribution in [1.82, 2.24) is 4.90 Å². The molecular weight excluding hydrogens is 328 g/mol. The van der Waals surface area contributed by atoms with Crippen LogP contribution in [0.5, 0.6) is 0 Å². The fraction of sp³-hybridized carbons (Fsp3) is 0.385. The second kappa shape index (κ2) is 6.13. The molecule has 0 aliphatic carbocycles. The highest BCUT2D eigenvalue weighted by Gasteiger charge is 2.26. The van der Waals surface area contributed by atoms with Crippen molar-refractivity contribution in [2.24, 2.45) is 0 Å². The second-order valence-electron chi connectivity index (χ2n) is 4.59. The monoisotopic (exact) mass is 340 g/mol. The summed E-state index contributed by atoms with van der Waals surface area (Å²) in [5, 5.41) is 10.9. The highest BCUT2D eigenvalue weighted by molar-refractivity contribution is 9.10. The summed E-state index contributed by atoms with van der Waals surface area (Å²) >= 11 is 3.18. The minimum atomic E-state index is -0.500. The molecule has 1 aliphatic rings. The van der Waals surface area contributed by atoms with Crippen LogP contribution in [0.15, 0.2) is 22.7 Å². The van der Waals surface area contributed by atoms with Crippen molar-refractivity contribution in [3.05, 3.63) is 38.3 Å². The average Bonchev–Trinajstić information content (AvgIpc) is 2.55. The van der Waals surface area contributed by atoms with Crippen LogP contribution in [0.3, 0.4) is 0 Å². The summed E-state index contributed by atoms with van der Waals surface area (Å²) in [6.07, 6.45) is 2.10. The Morgan fingerprint density at radius 3 is 2.35 bits per heavy atom. The number of benzene rings is 1. The van der Waals surface area contributed by atoms with E-state index in [9.17, 15) is 19.7 Å². The largest absolute Gasteiger partial charge is 0.283 e. The van der Waals surface area contributed by atoms with Crippen LogP contribution < -0.4 is 0 Å². The number of imide groups is 1. The molecule has 1 aliphatic heterocycles. The minimum Gasteiger partial charge on any atom is -0.278 e. The Morgan fingerprint density at radius 1 is 1.20 bits per heavy atom. The lowest BCUT2D eigenvalue weighted by Gasteiger charge is -2.19. The Balaban J connectivity index is 2.29. The van der Waals surface area contributed by atoms with E-state index < -0.39 is 4.92 Å². The van der Waals surface area contributed by atoms with Crippen LogP contribution in [-0.4, -0.2) is 21.6 Å². The van der Waals surface area contributed by atoms with Crippen molar-refractivity contribution in [3.63, 3.8) is 0 Å². The van der Waals surface area contributed by atoms with Crippen molar-refractivity contribution >= 4 is 33.4 Å². The number of carbonyl (C=O) groups is 2. The molecule has 0 bridgehead atoms.